The van der Waals surface area contributed by atoms with E-state index in [0.29, 0.717) is 24.4 Å². The van der Waals surface area contributed by atoms with E-state index < -0.39 is 0 Å². The molecule has 2 aromatic heterocycles. The van der Waals surface area contributed by atoms with Crippen LogP contribution in [0.5, 0.6) is 11.5 Å². The summed E-state index contributed by atoms with van der Waals surface area (Å²) in [5, 5.41) is 5.23. The molecule has 0 saturated carbocycles. The maximum absolute atomic E-state index is 5.97. The van der Waals surface area contributed by atoms with E-state index in [2.05, 4.69) is 10.1 Å². The number of hydrogen-bond donors (Lipinski definition) is 2. The van der Waals surface area contributed by atoms with Gasteiger partial charge in [-0.15, -0.1) is 5.10 Å². The lowest BCUT2D eigenvalue weighted by atomic mass is 10.0. The number of nitrogens with zero attached hydrogens (tertiary/aromatic N) is 4. The van der Waals surface area contributed by atoms with Gasteiger partial charge in [-0.25, -0.2) is 4.98 Å². The van der Waals surface area contributed by atoms with Crippen LogP contribution in [-0.4, -0.2) is 26.4 Å². The topological polar surface area (TPSA) is 114 Å². The zero-order chi connectivity index (χ0) is 17.7. The average Bonchev–Trinajstić information content (AvgIpc) is 3.28. The number of rotatable bonds is 3. The van der Waals surface area contributed by atoms with E-state index in [0.717, 1.165) is 33.6 Å². The summed E-state index contributed by atoms with van der Waals surface area (Å²) in [6.45, 7) is 0.557. The number of benzene rings is 2. The van der Waals surface area contributed by atoms with Gasteiger partial charge in [0, 0.05) is 23.9 Å². The van der Waals surface area contributed by atoms with Crippen LogP contribution in [0.3, 0.4) is 0 Å². The van der Waals surface area contributed by atoms with Gasteiger partial charge in [0.2, 0.25) is 12.7 Å². The largest absolute Gasteiger partial charge is 0.454 e. The van der Waals surface area contributed by atoms with Gasteiger partial charge in [-0.2, -0.15) is 9.50 Å². The van der Waals surface area contributed by atoms with E-state index in [9.17, 15) is 0 Å². The molecule has 1 aliphatic rings. The maximum Gasteiger partial charge on any atom is 0.240 e. The summed E-state index contributed by atoms with van der Waals surface area (Å²) in [5.41, 5.74) is 15.3. The van der Waals surface area contributed by atoms with Crippen molar-refractivity contribution in [1.29, 1.82) is 0 Å². The molecular weight excluding hydrogens is 332 g/mol. The molecule has 0 radical (unpaired) electrons. The zero-order valence-corrected chi connectivity index (χ0v) is 13.8. The Bertz CT molecular complexity index is 1150. The highest BCUT2D eigenvalue weighted by molar-refractivity contribution is 5.91. The number of nitrogens with two attached hydrogens (primary N) is 2. The van der Waals surface area contributed by atoms with Crippen molar-refractivity contribution < 1.29 is 9.47 Å². The Morgan fingerprint density at radius 1 is 1.08 bits per heavy atom. The molecule has 26 heavy (non-hydrogen) atoms. The van der Waals surface area contributed by atoms with Crippen molar-refractivity contribution in [3.8, 4) is 11.5 Å². The number of para-hydroxylation sites is 1. The minimum absolute atomic E-state index is 0.212. The fraction of sp³-hybridized carbons (Fsp3) is 0.167. The van der Waals surface area contributed by atoms with Gasteiger partial charge < -0.3 is 20.9 Å². The Morgan fingerprint density at radius 2 is 1.96 bits per heavy atom. The summed E-state index contributed by atoms with van der Waals surface area (Å²) in [6.07, 6.45) is 0.521. The Balaban J connectivity index is 1.70. The van der Waals surface area contributed by atoms with Gasteiger partial charge in [0.1, 0.15) is 5.82 Å². The summed E-state index contributed by atoms with van der Waals surface area (Å²) < 4.78 is 12.7. The molecule has 0 atom stereocenters. The Hall–Kier alpha value is -3.39. The molecule has 0 saturated heterocycles. The summed E-state index contributed by atoms with van der Waals surface area (Å²) in [4.78, 5) is 9.14. The predicted octanol–water partition coefficient (Wildman–Crippen LogP) is 1.64. The molecule has 0 aliphatic carbocycles. The van der Waals surface area contributed by atoms with E-state index in [4.69, 9.17) is 25.9 Å². The van der Waals surface area contributed by atoms with Crippen LogP contribution in [0, 0.1) is 0 Å². The number of hydrogen-bond acceptors (Lipinski definition) is 7. The molecule has 130 valence electrons. The lowest BCUT2D eigenvalue weighted by Crippen LogP contribution is -2.09. The molecule has 8 heteroatoms. The molecule has 0 fully saturated rings. The minimum atomic E-state index is 0.212. The van der Waals surface area contributed by atoms with Crippen LogP contribution in [0.15, 0.2) is 36.4 Å². The van der Waals surface area contributed by atoms with Crippen LogP contribution in [0.25, 0.3) is 16.6 Å². The normalized spacial score (nSPS) is 13.0. The number of aromatic nitrogens is 4. The molecule has 0 bridgehead atoms. The van der Waals surface area contributed by atoms with Crippen molar-refractivity contribution >= 4 is 22.5 Å². The van der Waals surface area contributed by atoms with Gasteiger partial charge in [0.25, 0.3) is 0 Å². The quantitative estimate of drug-likeness (QED) is 0.578. The third kappa shape index (κ3) is 2.16. The molecule has 4 N–H and O–H groups in total. The fourth-order valence-corrected chi connectivity index (χ4v) is 3.37. The van der Waals surface area contributed by atoms with E-state index in [1.807, 2.05) is 36.4 Å². The van der Waals surface area contributed by atoms with Gasteiger partial charge in [0.05, 0.1) is 5.52 Å². The summed E-state index contributed by atoms with van der Waals surface area (Å²) in [5.74, 6) is 2.38. The highest BCUT2D eigenvalue weighted by Gasteiger charge is 2.21. The van der Waals surface area contributed by atoms with E-state index >= 15 is 0 Å². The number of anilines is 1. The highest BCUT2D eigenvalue weighted by atomic mass is 16.7. The molecule has 4 aromatic rings. The highest BCUT2D eigenvalue weighted by Crippen LogP contribution is 2.38. The molecule has 1 aliphatic heterocycles. The van der Waals surface area contributed by atoms with E-state index in [1.54, 1.807) is 4.52 Å². The molecule has 0 amide bonds. The van der Waals surface area contributed by atoms with Gasteiger partial charge in [-0.1, -0.05) is 18.2 Å². The average molecular weight is 348 g/mol. The van der Waals surface area contributed by atoms with E-state index in [1.165, 1.54) is 0 Å². The third-order valence-corrected chi connectivity index (χ3v) is 4.55. The van der Waals surface area contributed by atoms with Crippen molar-refractivity contribution in [2.24, 2.45) is 5.73 Å². The monoisotopic (exact) mass is 348 g/mol. The van der Waals surface area contributed by atoms with Crippen LogP contribution in [0.2, 0.25) is 0 Å². The first-order valence-electron chi connectivity index (χ1n) is 8.25. The Labute approximate surface area is 148 Å². The van der Waals surface area contributed by atoms with Crippen LogP contribution in [0.4, 0.5) is 5.95 Å². The lowest BCUT2D eigenvalue weighted by molar-refractivity contribution is 0.173. The molecule has 5 rings (SSSR count). The second-order valence-corrected chi connectivity index (χ2v) is 6.07. The molecule has 2 aromatic carbocycles. The van der Waals surface area contributed by atoms with Gasteiger partial charge in [-0.05, 0) is 23.8 Å². The first kappa shape index (κ1) is 14.9. The molecule has 0 unspecified atom stereocenters. The van der Waals surface area contributed by atoms with Crippen molar-refractivity contribution in [1.82, 2.24) is 19.6 Å². The first-order chi connectivity index (χ1) is 12.7. The molecular formula is C18H16N6O2. The minimum Gasteiger partial charge on any atom is -0.454 e. The van der Waals surface area contributed by atoms with Crippen LogP contribution < -0.4 is 20.9 Å². The molecule has 3 heterocycles. The SMILES string of the molecule is NCc1c(Cc2nc3ccccc3c3nc(N)nn23)ccc2c1OCO2. The standard InChI is InChI=1S/C18H16N6O2/c19-8-12-10(5-6-14-16(12)26-9-25-14)7-15-21-13-4-2-1-3-11(13)17-22-18(20)23-24(15)17/h1-6H,7-9,19H2,(H2,20,23). The van der Waals surface area contributed by atoms with E-state index in [-0.39, 0.29) is 12.7 Å². The fourth-order valence-electron chi connectivity index (χ4n) is 3.37. The molecule has 8 nitrogen and oxygen atoms in total. The maximum atomic E-state index is 5.97. The number of nitrogen functional groups attached to an aromatic ring is 1. The lowest BCUT2D eigenvalue weighted by Gasteiger charge is -2.12. The number of fused-ring (bicyclic) bond motifs is 4. The van der Waals surface area contributed by atoms with Crippen LogP contribution in [0.1, 0.15) is 17.0 Å². The smallest absolute Gasteiger partial charge is 0.240 e. The second kappa shape index (κ2) is 5.57. The summed E-state index contributed by atoms with van der Waals surface area (Å²) in [7, 11) is 0. The van der Waals surface area contributed by atoms with Crippen molar-refractivity contribution in [2.45, 2.75) is 13.0 Å². The zero-order valence-electron chi connectivity index (χ0n) is 13.8. The van der Waals surface area contributed by atoms with Crippen molar-refractivity contribution in [2.75, 3.05) is 12.5 Å². The second-order valence-electron chi connectivity index (χ2n) is 6.07. The van der Waals surface area contributed by atoms with Gasteiger partial charge >= 0.3 is 0 Å². The van der Waals surface area contributed by atoms with Crippen LogP contribution >= 0.6 is 0 Å². The molecule has 0 spiro atoms. The summed E-state index contributed by atoms with van der Waals surface area (Å²) >= 11 is 0. The van der Waals surface area contributed by atoms with Crippen LogP contribution in [-0.2, 0) is 13.0 Å². The Kier molecular flexibility index (Phi) is 3.19. The van der Waals surface area contributed by atoms with Crippen molar-refractivity contribution in [3.63, 3.8) is 0 Å². The number of ether oxygens (including phenoxy) is 2. The van der Waals surface area contributed by atoms with Gasteiger partial charge in [-0.3, -0.25) is 0 Å². The Morgan fingerprint density at radius 3 is 2.85 bits per heavy atom. The predicted molar refractivity (Wildman–Crippen MR) is 96.0 cm³/mol. The van der Waals surface area contributed by atoms with Gasteiger partial charge in [0.15, 0.2) is 17.1 Å². The first-order valence-corrected chi connectivity index (χ1v) is 8.25. The third-order valence-electron chi connectivity index (χ3n) is 4.55. The summed E-state index contributed by atoms with van der Waals surface area (Å²) in [6, 6.07) is 11.7. The van der Waals surface area contributed by atoms with Crippen molar-refractivity contribution in [3.05, 3.63) is 53.3 Å².